The highest BCUT2D eigenvalue weighted by molar-refractivity contribution is 6.39. The quantitative estimate of drug-likeness (QED) is 0.838. The summed E-state index contributed by atoms with van der Waals surface area (Å²) in [6.45, 7) is 0. The van der Waals surface area contributed by atoms with Crippen LogP contribution < -0.4 is 5.32 Å². The molecule has 2 rings (SSSR count). The zero-order valence-corrected chi connectivity index (χ0v) is 9.72. The van der Waals surface area contributed by atoms with Gasteiger partial charge in [-0.25, -0.2) is 0 Å². The molecule has 0 unspecified atom stereocenters. The largest absolute Gasteiger partial charge is 0.391 e. The maximum absolute atomic E-state index is 9.68. The standard InChI is InChI=1S/C11H13Cl2NO/c12-7-3-1-4-8(13)11(7)14-9-5-2-6-10(9)15/h1,3-4,9-10,14-15H,2,5-6H2/t9-,10-/m0/s1. The number of hydrogen-bond acceptors (Lipinski definition) is 2. The van der Waals surface area contributed by atoms with Crippen molar-refractivity contribution in [3.05, 3.63) is 28.2 Å². The predicted molar refractivity (Wildman–Crippen MR) is 63.7 cm³/mol. The number of aliphatic hydroxyl groups excluding tert-OH is 1. The molecule has 1 aliphatic carbocycles. The lowest BCUT2D eigenvalue weighted by molar-refractivity contribution is 0.172. The van der Waals surface area contributed by atoms with Crippen LogP contribution in [0.1, 0.15) is 19.3 Å². The Hall–Kier alpha value is -0.440. The smallest absolute Gasteiger partial charge is 0.0741 e. The van der Waals surface area contributed by atoms with Crippen LogP contribution in [0.25, 0.3) is 0 Å². The molecule has 82 valence electrons. The first-order valence-corrected chi connectivity index (χ1v) is 5.82. The van der Waals surface area contributed by atoms with Gasteiger partial charge in [-0.3, -0.25) is 0 Å². The molecule has 0 heterocycles. The summed E-state index contributed by atoms with van der Waals surface area (Å²) < 4.78 is 0. The molecular weight excluding hydrogens is 233 g/mol. The highest BCUT2D eigenvalue weighted by Gasteiger charge is 2.25. The topological polar surface area (TPSA) is 32.3 Å². The van der Waals surface area contributed by atoms with Gasteiger partial charge in [-0.2, -0.15) is 0 Å². The molecule has 1 saturated carbocycles. The average Bonchev–Trinajstić information content (AvgIpc) is 2.58. The van der Waals surface area contributed by atoms with Crippen LogP contribution in [0, 0.1) is 0 Å². The summed E-state index contributed by atoms with van der Waals surface area (Å²) in [5.74, 6) is 0. The molecule has 15 heavy (non-hydrogen) atoms. The van der Waals surface area contributed by atoms with Gasteiger partial charge in [-0.1, -0.05) is 29.3 Å². The third kappa shape index (κ3) is 2.39. The summed E-state index contributed by atoms with van der Waals surface area (Å²) in [7, 11) is 0. The predicted octanol–water partition coefficient (Wildman–Crippen LogP) is 3.32. The minimum Gasteiger partial charge on any atom is -0.391 e. The molecule has 2 atom stereocenters. The van der Waals surface area contributed by atoms with E-state index in [2.05, 4.69) is 5.32 Å². The summed E-state index contributed by atoms with van der Waals surface area (Å²) in [4.78, 5) is 0. The van der Waals surface area contributed by atoms with Crippen LogP contribution in [0.2, 0.25) is 10.0 Å². The maximum Gasteiger partial charge on any atom is 0.0741 e. The zero-order chi connectivity index (χ0) is 10.8. The Bertz CT molecular complexity index is 336. The Balaban J connectivity index is 2.16. The molecule has 0 amide bonds. The van der Waals surface area contributed by atoms with Crippen molar-refractivity contribution < 1.29 is 5.11 Å². The first-order valence-electron chi connectivity index (χ1n) is 5.07. The van der Waals surface area contributed by atoms with Crippen LogP contribution in [0.4, 0.5) is 5.69 Å². The van der Waals surface area contributed by atoms with Crippen molar-refractivity contribution in [2.24, 2.45) is 0 Å². The number of para-hydroxylation sites is 1. The molecule has 0 saturated heterocycles. The number of anilines is 1. The molecule has 0 bridgehead atoms. The number of nitrogens with one attached hydrogen (secondary N) is 1. The van der Waals surface area contributed by atoms with E-state index >= 15 is 0 Å². The Morgan fingerprint density at radius 3 is 2.40 bits per heavy atom. The average molecular weight is 246 g/mol. The lowest BCUT2D eigenvalue weighted by Crippen LogP contribution is -2.28. The highest BCUT2D eigenvalue weighted by atomic mass is 35.5. The van der Waals surface area contributed by atoms with Gasteiger partial charge in [-0.05, 0) is 31.4 Å². The van der Waals surface area contributed by atoms with E-state index < -0.39 is 0 Å². The summed E-state index contributed by atoms with van der Waals surface area (Å²) in [5.41, 5.74) is 0.729. The Kier molecular flexibility index (Phi) is 3.39. The minimum atomic E-state index is -0.294. The van der Waals surface area contributed by atoms with Crippen LogP contribution in [0.15, 0.2) is 18.2 Å². The molecule has 1 aromatic rings. The third-order valence-corrected chi connectivity index (χ3v) is 3.40. The van der Waals surface area contributed by atoms with Crippen molar-refractivity contribution in [1.29, 1.82) is 0 Å². The van der Waals surface area contributed by atoms with Gasteiger partial charge >= 0.3 is 0 Å². The van der Waals surface area contributed by atoms with E-state index in [1.807, 2.05) is 0 Å². The SMILES string of the molecule is O[C@H]1CCC[C@@H]1Nc1c(Cl)cccc1Cl. The van der Waals surface area contributed by atoms with Crippen LogP contribution in [0.5, 0.6) is 0 Å². The Morgan fingerprint density at radius 1 is 1.20 bits per heavy atom. The lowest BCUT2D eigenvalue weighted by Gasteiger charge is -2.19. The third-order valence-electron chi connectivity index (χ3n) is 2.77. The molecule has 4 heteroatoms. The second kappa shape index (κ2) is 4.60. The minimum absolute atomic E-state index is 0.0717. The molecule has 0 aromatic heterocycles. The van der Waals surface area contributed by atoms with Crippen LogP contribution >= 0.6 is 23.2 Å². The number of rotatable bonds is 2. The van der Waals surface area contributed by atoms with Crippen LogP contribution in [0.3, 0.4) is 0 Å². The van der Waals surface area contributed by atoms with Gasteiger partial charge in [0.2, 0.25) is 0 Å². The summed E-state index contributed by atoms with van der Waals surface area (Å²) in [5, 5.41) is 14.1. The van der Waals surface area contributed by atoms with E-state index in [9.17, 15) is 5.11 Å². The van der Waals surface area contributed by atoms with Gasteiger partial charge in [0, 0.05) is 0 Å². The number of hydrogen-bond donors (Lipinski definition) is 2. The normalized spacial score (nSPS) is 25.5. The van der Waals surface area contributed by atoms with E-state index in [1.165, 1.54) is 0 Å². The fourth-order valence-corrected chi connectivity index (χ4v) is 2.44. The number of benzene rings is 1. The summed E-state index contributed by atoms with van der Waals surface area (Å²) in [6.07, 6.45) is 2.56. The molecule has 1 aliphatic rings. The van der Waals surface area contributed by atoms with Gasteiger partial charge in [-0.15, -0.1) is 0 Å². The van der Waals surface area contributed by atoms with Gasteiger partial charge in [0.1, 0.15) is 0 Å². The molecule has 2 N–H and O–H groups in total. The van der Waals surface area contributed by atoms with Crippen molar-refractivity contribution in [3.8, 4) is 0 Å². The van der Waals surface area contributed by atoms with Crippen molar-refractivity contribution in [2.45, 2.75) is 31.4 Å². The van der Waals surface area contributed by atoms with Crippen molar-refractivity contribution in [2.75, 3.05) is 5.32 Å². The van der Waals surface area contributed by atoms with E-state index in [-0.39, 0.29) is 12.1 Å². The lowest BCUT2D eigenvalue weighted by atomic mass is 10.2. The number of aliphatic hydroxyl groups is 1. The molecule has 0 spiro atoms. The molecule has 0 aliphatic heterocycles. The fraction of sp³-hybridized carbons (Fsp3) is 0.455. The van der Waals surface area contributed by atoms with Gasteiger partial charge < -0.3 is 10.4 Å². The van der Waals surface area contributed by atoms with Gasteiger partial charge in [0.05, 0.1) is 27.9 Å². The van der Waals surface area contributed by atoms with Crippen molar-refractivity contribution in [1.82, 2.24) is 0 Å². The molecule has 1 fully saturated rings. The van der Waals surface area contributed by atoms with Gasteiger partial charge in [0.25, 0.3) is 0 Å². The highest BCUT2D eigenvalue weighted by Crippen LogP contribution is 2.33. The van der Waals surface area contributed by atoms with Gasteiger partial charge in [0.15, 0.2) is 0 Å². The Morgan fingerprint density at radius 2 is 1.87 bits per heavy atom. The van der Waals surface area contributed by atoms with E-state index in [0.717, 1.165) is 24.9 Å². The van der Waals surface area contributed by atoms with Crippen LogP contribution in [-0.4, -0.2) is 17.3 Å². The summed E-state index contributed by atoms with van der Waals surface area (Å²) in [6, 6.07) is 5.46. The fourth-order valence-electron chi connectivity index (χ4n) is 1.93. The first kappa shape index (κ1) is 11.1. The van der Waals surface area contributed by atoms with Crippen LogP contribution in [-0.2, 0) is 0 Å². The summed E-state index contributed by atoms with van der Waals surface area (Å²) >= 11 is 12.1. The molecule has 2 nitrogen and oxygen atoms in total. The van der Waals surface area contributed by atoms with E-state index in [0.29, 0.717) is 10.0 Å². The molecule has 0 radical (unpaired) electrons. The first-order chi connectivity index (χ1) is 7.18. The second-order valence-corrected chi connectivity index (χ2v) is 4.66. The van der Waals surface area contributed by atoms with E-state index in [1.54, 1.807) is 18.2 Å². The monoisotopic (exact) mass is 245 g/mol. The number of halogens is 2. The Labute approximate surface area is 99.2 Å². The second-order valence-electron chi connectivity index (χ2n) is 3.85. The molecular formula is C11H13Cl2NO. The van der Waals surface area contributed by atoms with Crippen molar-refractivity contribution in [3.63, 3.8) is 0 Å². The molecule has 1 aromatic carbocycles. The van der Waals surface area contributed by atoms with E-state index in [4.69, 9.17) is 23.2 Å². The van der Waals surface area contributed by atoms with Crippen molar-refractivity contribution >= 4 is 28.9 Å². The zero-order valence-electron chi connectivity index (χ0n) is 8.21. The maximum atomic E-state index is 9.68.